The van der Waals surface area contributed by atoms with Crippen molar-refractivity contribution in [2.24, 2.45) is 0 Å². The highest BCUT2D eigenvalue weighted by Gasteiger charge is 2.37. The minimum absolute atomic E-state index is 0.179. The van der Waals surface area contributed by atoms with E-state index in [0.717, 1.165) is 4.90 Å². The molecule has 1 aliphatic heterocycles. The van der Waals surface area contributed by atoms with Gasteiger partial charge < -0.3 is 9.30 Å². The number of halogens is 2. The highest BCUT2D eigenvalue weighted by atomic mass is 35.5. The third-order valence-electron chi connectivity index (χ3n) is 4.95. The molecule has 9 heteroatoms. The molecule has 0 aliphatic carbocycles. The van der Waals surface area contributed by atoms with E-state index in [2.05, 4.69) is 5.32 Å². The predicted octanol–water partition coefficient (Wildman–Crippen LogP) is 4.00. The summed E-state index contributed by atoms with van der Waals surface area (Å²) in [4.78, 5) is 38.8. The number of imide groups is 2. The molecule has 0 unspecified atom stereocenters. The lowest BCUT2D eigenvalue weighted by Crippen LogP contribution is -2.54. The Labute approximate surface area is 187 Å². The fraction of sp³-hybridized carbons (Fsp3) is 0.0870. The van der Waals surface area contributed by atoms with Crippen LogP contribution < -0.4 is 15.0 Å². The van der Waals surface area contributed by atoms with E-state index in [0.29, 0.717) is 17.0 Å². The van der Waals surface area contributed by atoms with Crippen molar-refractivity contribution in [2.45, 2.75) is 6.54 Å². The van der Waals surface area contributed by atoms with Gasteiger partial charge in [0.25, 0.3) is 11.8 Å². The summed E-state index contributed by atoms with van der Waals surface area (Å²) in [5, 5.41) is 2.36. The number of hydrogen-bond acceptors (Lipinski definition) is 4. The number of aromatic nitrogens is 1. The maximum absolute atomic E-state index is 14.1. The molecule has 1 aliphatic rings. The second kappa shape index (κ2) is 8.68. The topological polar surface area (TPSA) is 80.6 Å². The van der Waals surface area contributed by atoms with Gasteiger partial charge in [0.15, 0.2) is 0 Å². The number of nitrogens with one attached hydrogen (secondary N) is 1. The number of benzene rings is 2. The number of anilines is 1. The molecule has 0 bridgehead atoms. The molecule has 0 saturated carbocycles. The summed E-state index contributed by atoms with van der Waals surface area (Å²) in [5.41, 5.74) is 0.879. The zero-order chi connectivity index (χ0) is 22.8. The van der Waals surface area contributed by atoms with Crippen LogP contribution in [0.1, 0.15) is 11.3 Å². The normalized spacial score (nSPS) is 15.3. The second-order valence-corrected chi connectivity index (χ2v) is 7.34. The quantitative estimate of drug-likeness (QED) is 0.467. The van der Waals surface area contributed by atoms with Crippen LogP contribution in [0.15, 0.2) is 66.4 Å². The molecule has 0 atom stereocenters. The lowest BCUT2D eigenvalue weighted by atomic mass is 10.1. The minimum Gasteiger partial charge on any atom is -0.495 e. The van der Waals surface area contributed by atoms with Gasteiger partial charge in [-0.05, 0) is 42.5 Å². The van der Waals surface area contributed by atoms with Gasteiger partial charge in [-0.2, -0.15) is 0 Å². The Morgan fingerprint density at radius 3 is 2.59 bits per heavy atom. The number of urea groups is 1. The molecule has 0 spiro atoms. The van der Waals surface area contributed by atoms with Crippen LogP contribution in [0.4, 0.5) is 14.9 Å². The summed E-state index contributed by atoms with van der Waals surface area (Å²) in [7, 11) is 1.44. The average molecular weight is 454 g/mol. The molecule has 1 N–H and O–H groups in total. The fourth-order valence-electron chi connectivity index (χ4n) is 3.35. The predicted molar refractivity (Wildman–Crippen MR) is 117 cm³/mol. The van der Waals surface area contributed by atoms with E-state index in [4.69, 9.17) is 16.3 Å². The van der Waals surface area contributed by atoms with E-state index in [1.165, 1.54) is 37.5 Å². The number of rotatable bonds is 5. The molecule has 1 saturated heterocycles. The van der Waals surface area contributed by atoms with Crippen molar-refractivity contribution in [3.63, 3.8) is 0 Å². The first kappa shape index (κ1) is 21.3. The van der Waals surface area contributed by atoms with Gasteiger partial charge in [-0.25, -0.2) is 14.1 Å². The van der Waals surface area contributed by atoms with E-state index >= 15 is 0 Å². The maximum Gasteiger partial charge on any atom is 0.335 e. The number of hydrogen-bond donors (Lipinski definition) is 1. The lowest BCUT2D eigenvalue weighted by molar-refractivity contribution is -0.122. The van der Waals surface area contributed by atoms with Gasteiger partial charge in [0.1, 0.15) is 17.1 Å². The standard InChI is InChI=1S/C23H17ClFN3O4/c1-32-20-9-8-16(12-18(20)24)28-22(30)17(21(29)26-23(28)31)11-15-6-4-10-27(15)13-14-5-2-3-7-19(14)25/h2-12H,13H2,1H3,(H,26,29,31)/b17-11+. The van der Waals surface area contributed by atoms with Crippen molar-refractivity contribution in [3.8, 4) is 5.75 Å². The summed E-state index contributed by atoms with van der Waals surface area (Å²) in [6, 6.07) is 13.2. The van der Waals surface area contributed by atoms with Crippen LogP contribution >= 0.6 is 11.6 Å². The number of carbonyl (C=O) groups is 3. The molecular weight excluding hydrogens is 437 g/mol. The van der Waals surface area contributed by atoms with Crippen LogP contribution in [-0.4, -0.2) is 29.5 Å². The molecule has 162 valence electrons. The Kier molecular flexibility index (Phi) is 5.79. The van der Waals surface area contributed by atoms with Crippen LogP contribution in [0.25, 0.3) is 6.08 Å². The highest BCUT2D eigenvalue weighted by molar-refractivity contribution is 6.39. The first-order chi connectivity index (χ1) is 15.4. The van der Waals surface area contributed by atoms with Gasteiger partial charge in [0.05, 0.1) is 24.4 Å². The van der Waals surface area contributed by atoms with E-state index in [-0.39, 0.29) is 28.6 Å². The summed E-state index contributed by atoms with van der Waals surface area (Å²) < 4.78 is 20.8. The third-order valence-corrected chi connectivity index (χ3v) is 5.25. The Hall–Kier alpha value is -3.91. The monoisotopic (exact) mass is 453 g/mol. The lowest BCUT2D eigenvalue weighted by Gasteiger charge is -2.26. The number of amides is 4. The molecule has 2 aromatic carbocycles. The summed E-state index contributed by atoms with van der Waals surface area (Å²) in [6.07, 6.45) is 3.07. The second-order valence-electron chi connectivity index (χ2n) is 6.93. The van der Waals surface area contributed by atoms with Gasteiger partial charge in [0.2, 0.25) is 0 Å². The van der Waals surface area contributed by atoms with Crippen LogP contribution in [0, 0.1) is 5.82 Å². The number of methoxy groups -OCH3 is 1. The zero-order valence-corrected chi connectivity index (χ0v) is 17.6. The highest BCUT2D eigenvalue weighted by Crippen LogP contribution is 2.31. The van der Waals surface area contributed by atoms with E-state index in [1.807, 2.05) is 0 Å². The molecule has 3 aromatic rings. The molecule has 4 amide bonds. The van der Waals surface area contributed by atoms with E-state index in [9.17, 15) is 18.8 Å². The van der Waals surface area contributed by atoms with Gasteiger partial charge in [-0.15, -0.1) is 0 Å². The van der Waals surface area contributed by atoms with Crippen LogP contribution in [0.3, 0.4) is 0 Å². The Balaban J connectivity index is 1.68. The van der Waals surface area contributed by atoms with Crippen LogP contribution in [0.2, 0.25) is 5.02 Å². The van der Waals surface area contributed by atoms with Crippen LogP contribution in [-0.2, 0) is 16.1 Å². The first-order valence-electron chi connectivity index (χ1n) is 9.52. The largest absolute Gasteiger partial charge is 0.495 e. The van der Waals surface area contributed by atoms with Crippen LogP contribution in [0.5, 0.6) is 5.75 Å². The number of carbonyl (C=O) groups excluding carboxylic acids is 3. The Morgan fingerprint density at radius 1 is 1.09 bits per heavy atom. The molecule has 4 rings (SSSR count). The number of ether oxygens (including phenoxy) is 1. The SMILES string of the molecule is COc1ccc(N2C(=O)NC(=O)/C(=C\c3cccn3Cc3ccccc3F)C2=O)cc1Cl. The van der Waals surface area contributed by atoms with E-state index < -0.39 is 17.8 Å². The van der Waals surface area contributed by atoms with Crippen molar-refractivity contribution in [3.05, 3.63) is 88.5 Å². The van der Waals surface area contributed by atoms with Gasteiger partial charge in [-0.3, -0.25) is 14.9 Å². The number of nitrogens with zero attached hydrogens (tertiary/aromatic N) is 2. The molecule has 2 heterocycles. The summed E-state index contributed by atoms with van der Waals surface area (Å²) in [6.45, 7) is 0.200. The van der Waals surface area contributed by atoms with Crippen molar-refractivity contribution in [2.75, 3.05) is 12.0 Å². The van der Waals surface area contributed by atoms with E-state index in [1.54, 1.807) is 41.1 Å². The van der Waals surface area contributed by atoms with Crippen molar-refractivity contribution < 1.29 is 23.5 Å². The molecule has 0 radical (unpaired) electrons. The molecular formula is C23H17ClFN3O4. The average Bonchev–Trinajstić information content (AvgIpc) is 3.19. The van der Waals surface area contributed by atoms with Crippen molar-refractivity contribution in [1.29, 1.82) is 0 Å². The maximum atomic E-state index is 14.1. The first-order valence-corrected chi connectivity index (χ1v) is 9.90. The van der Waals surface area contributed by atoms with Gasteiger partial charge in [0, 0.05) is 17.5 Å². The summed E-state index contributed by atoms with van der Waals surface area (Å²) >= 11 is 6.12. The van der Waals surface area contributed by atoms with Crippen molar-refractivity contribution >= 4 is 41.2 Å². The zero-order valence-electron chi connectivity index (χ0n) is 16.8. The number of barbiturate groups is 1. The molecule has 7 nitrogen and oxygen atoms in total. The Bertz CT molecular complexity index is 1270. The fourth-order valence-corrected chi connectivity index (χ4v) is 3.60. The molecule has 1 aromatic heterocycles. The van der Waals surface area contributed by atoms with Gasteiger partial charge in [-0.1, -0.05) is 29.8 Å². The smallest absolute Gasteiger partial charge is 0.335 e. The van der Waals surface area contributed by atoms with Gasteiger partial charge >= 0.3 is 6.03 Å². The Morgan fingerprint density at radius 2 is 1.88 bits per heavy atom. The molecule has 1 fully saturated rings. The minimum atomic E-state index is -0.889. The van der Waals surface area contributed by atoms with Crippen molar-refractivity contribution in [1.82, 2.24) is 9.88 Å². The third kappa shape index (κ3) is 4.00. The summed E-state index contributed by atoms with van der Waals surface area (Å²) in [5.74, 6) is -1.62. The molecule has 32 heavy (non-hydrogen) atoms.